The molecule has 2 heterocycles. The second-order valence-electron chi connectivity index (χ2n) is 7.99. The Labute approximate surface area is 133 Å². The van der Waals surface area contributed by atoms with E-state index in [9.17, 15) is 4.79 Å². The number of rotatable bonds is 3. The van der Waals surface area contributed by atoms with Crippen molar-refractivity contribution in [3.05, 3.63) is 0 Å². The van der Waals surface area contributed by atoms with Crippen LogP contribution in [-0.2, 0) is 9.53 Å². The Morgan fingerprint density at radius 2 is 2.14 bits per heavy atom. The summed E-state index contributed by atoms with van der Waals surface area (Å²) in [6, 6.07) is 2.00. The maximum Gasteiger partial charge on any atom is 0.237 e. The molecule has 3 aliphatic rings. The number of amides is 1. The number of ether oxygens (including phenoxy) is 1. The van der Waals surface area contributed by atoms with Crippen molar-refractivity contribution in [3.63, 3.8) is 0 Å². The smallest absolute Gasteiger partial charge is 0.237 e. The molecular weight excluding hydrogens is 278 g/mol. The quantitative estimate of drug-likeness (QED) is 0.861. The molecule has 2 saturated heterocycles. The van der Waals surface area contributed by atoms with Gasteiger partial charge in [-0.3, -0.25) is 4.79 Å². The Kier molecular flexibility index (Phi) is 3.73. The first-order valence-corrected chi connectivity index (χ1v) is 8.37. The normalized spacial score (nSPS) is 39.7. The second kappa shape index (κ2) is 5.21. The van der Waals surface area contributed by atoms with Gasteiger partial charge in [0.15, 0.2) is 0 Å². The maximum absolute atomic E-state index is 12.5. The van der Waals surface area contributed by atoms with Crippen LogP contribution in [0, 0.1) is 22.2 Å². The van der Waals surface area contributed by atoms with E-state index in [0.29, 0.717) is 19.7 Å². The molecule has 1 saturated carbocycles. The number of hydrogen-bond donors (Lipinski definition) is 1. The number of nitriles is 1. The van der Waals surface area contributed by atoms with E-state index in [0.717, 1.165) is 32.3 Å². The minimum absolute atomic E-state index is 0.0494. The zero-order valence-corrected chi connectivity index (χ0v) is 13.9. The molecule has 3 atom stereocenters. The molecule has 0 aromatic carbocycles. The Morgan fingerprint density at radius 1 is 1.36 bits per heavy atom. The zero-order chi connectivity index (χ0) is 16.0. The van der Waals surface area contributed by atoms with Crippen molar-refractivity contribution in [2.45, 2.75) is 58.0 Å². The number of nitrogens with one attached hydrogen (secondary N) is 1. The molecule has 1 N–H and O–H groups in total. The number of nitrogens with zero attached hydrogens (tertiary/aromatic N) is 2. The second-order valence-corrected chi connectivity index (χ2v) is 7.99. The van der Waals surface area contributed by atoms with Crippen LogP contribution in [0.15, 0.2) is 0 Å². The molecule has 1 amide bonds. The summed E-state index contributed by atoms with van der Waals surface area (Å²) in [7, 11) is 0. The van der Waals surface area contributed by atoms with Crippen LogP contribution in [0.25, 0.3) is 0 Å². The van der Waals surface area contributed by atoms with E-state index in [1.165, 1.54) is 0 Å². The van der Waals surface area contributed by atoms with Crippen LogP contribution in [0.4, 0.5) is 0 Å². The molecule has 5 heteroatoms. The van der Waals surface area contributed by atoms with Crippen molar-refractivity contribution in [3.8, 4) is 6.07 Å². The van der Waals surface area contributed by atoms with E-state index in [1.807, 2.05) is 0 Å². The highest BCUT2D eigenvalue weighted by atomic mass is 16.5. The summed E-state index contributed by atoms with van der Waals surface area (Å²) < 4.78 is 5.86. The van der Waals surface area contributed by atoms with E-state index in [2.05, 4.69) is 32.2 Å². The van der Waals surface area contributed by atoms with Gasteiger partial charge in [-0.2, -0.15) is 5.26 Å². The lowest BCUT2D eigenvalue weighted by Crippen LogP contribution is -2.64. The molecule has 1 aliphatic carbocycles. The summed E-state index contributed by atoms with van der Waals surface area (Å²) in [6.07, 6.45) is 3.92. The van der Waals surface area contributed by atoms with Gasteiger partial charge in [0.2, 0.25) is 5.91 Å². The van der Waals surface area contributed by atoms with Gasteiger partial charge in [-0.1, -0.05) is 20.8 Å². The summed E-state index contributed by atoms with van der Waals surface area (Å²) >= 11 is 0. The standard InChI is InChI=1S/C17H27N3O2/c1-15(2)16(3)6-7-17(15,12-22-11-16)19-10-14(21)20-8-4-5-13(20)9-18/h13,19H,4-8,10-12H2,1-3H3/t13?,16-,17-/m0/s1. The van der Waals surface area contributed by atoms with Gasteiger partial charge in [0.05, 0.1) is 25.8 Å². The lowest BCUT2D eigenvalue weighted by Gasteiger charge is -2.53. The van der Waals surface area contributed by atoms with Gasteiger partial charge in [-0.25, -0.2) is 0 Å². The third-order valence-corrected chi connectivity index (χ3v) is 6.88. The SMILES string of the molecule is CC1(C)[C@@]2(C)CC[C@]1(NCC(=O)N1CCCC1C#N)COC2. The van der Waals surface area contributed by atoms with Crippen molar-refractivity contribution < 1.29 is 9.53 Å². The molecule has 22 heavy (non-hydrogen) atoms. The number of carbonyl (C=O) groups excluding carboxylic acids is 1. The van der Waals surface area contributed by atoms with Gasteiger partial charge in [-0.15, -0.1) is 0 Å². The molecule has 0 aromatic rings. The lowest BCUT2D eigenvalue weighted by molar-refractivity contribution is -0.134. The van der Waals surface area contributed by atoms with Gasteiger partial charge in [0, 0.05) is 12.1 Å². The van der Waals surface area contributed by atoms with Crippen molar-refractivity contribution in [2.75, 3.05) is 26.3 Å². The highest BCUT2D eigenvalue weighted by Gasteiger charge is 2.63. The predicted molar refractivity (Wildman–Crippen MR) is 83.0 cm³/mol. The van der Waals surface area contributed by atoms with Gasteiger partial charge in [0.1, 0.15) is 6.04 Å². The molecule has 0 aromatic heterocycles. The highest BCUT2D eigenvalue weighted by molar-refractivity contribution is 5.79. The number of likely N-dealkylation sites (tertiary alicyclic amines) is 1. The third kappa shape index (κ3) is 2.08. The first-order valence-electron chi connectivity index (χ1n) is 8.37. The van der Waals surface area contributed by atoms with Gasteiger partial charge in [-0.05, 0) is 36.5 Å². The molecule has 2 aliphatic heterocycles. The first-order chi connectivity index (χ1) is 10.4. The van der Waals surface area contributed by atoms with Crippen LogP contribution >= 0.6 is 0 Å². The predicted octanol–water partition coefficient (Wildman–Crippen LogP) is 1.69. The van der Waals surface area contributed by atoms with Crippen LogP contribution < -0.4 is 5.32 Å². The molecule has 5 nitrogen and oxygen atoms in total. The van der Waals surface area contributed by atoms with Crippen LogP contribution in [0.2, 0.25) is 0 Å². The van der Waals surface area contributed by atoms with Gasteiger partial charge >= 0.3 is 0 Å². The van der Waals surface area contributed by atoms with Crippen molar-refractivity contribution in [1.82, 2.24) is 10.2 Å². The van der Waals surface area contributed by atoms with E-state index in [4.69, 9.17) is 10.00 Å². The van der Waals surface area contributed by atoms with Crippen molar-refractivity contribution >= 4 is 5.91 Å². The monoisotopic (exact) mass is 305 g/mol. The summed E-state index contributed by atoms with van der Waals surface area (Å²) in [5.41, 5.74) is 0.139. The minimum atomic E-state index is -0.240. The Balaban J connectivity index is 1.69. The Morgan fingerprint density at radius 3 is 2.86 bits per heavy atom. The molecule has 3 fully saturated rings. The number of carbonyl (C=O) groups is 1. The van der Waals surface area contributed by atoms with Gasteiger partial charge in [0.25, 0.3) is 0 Å². The topological polar surface area (TPSA) is 65.4 Å². The van der Waals surface area contributed by atoms with Crippen LogP contribution in [0.1, 0.15) is 46.5 Å². The molecule has 0 spiro atoms. The zero-order valence-electron chi connectivity index (χ0n) is 13.9. The van der Waals surface area contributed by atoms with Crippen molar-refractivity contribution in [1.29, 1.82) is 5.26 Å². The van der Waals surface area contributed by atoms with E-state index < -0.39 is 0 Å². The Hall–Kier alpha value is -1.12. The lowest BCUT2D eigenvalue weighted by atomic mass is 9.61. The highest BCUT2D eigenvalue weighted by Crippen LogP contribution is 2.60. The largest absolute Gasteiger partial charge is 0.379 e. The molecule has 0 radical (unpaired) electrons. The summed E-state index contributed by atoms with van der Waals surface area (Å²) in [4.78, 5) is 14.2. The van der Waals surface area contributed by atoms with Gasteiger partial charge < -0.3 is 15.0 Å². The molecule has 122 valence electrons. The fourth-order valence-corrected chi connectivity index (χ4v) is 4.55. The number of hydrogen-bond acceptors (Lipinski definition) is 4. The number of fused-ring (bicyclic) bond motifs is 2. The van der Waals surface area contributed by atoms with Crippen LogP contribution in [0.5, 0.6) is 0 Å². The van der Waals surface area contributed by atoms with E-state index in [-0.39, 0.29) is 28.3 Å². The van der Waals surface area contributed by atoms with Crippen molar-refractivity contribution in [2.24, 2.45) is 10.8 Å². The minimum Gasteiger partial charge on any atom is -0.379 e. The fourth-order valence-electron chi connectivity index (χ4n) is 4.55. The van der Waals surface area contributed by atoms with E-state index >= 15 is 0 Å². The maximum atomic E-state index is 12.5. The van der Waals surface area contributed by atoms with Crippen LogP contribution in [0.3, 0.4) is 0 Å². The molecule has 3 rings (SSSR count). The average Bonchev–Trinajstić information content (AvgIpc) is 2.96. The average molecular weight is 305 g/mol. The summed E-state index contributed by atoms with van der Waals surface area (Å²) in [5.74, 6) is 0.0494. The molecular formula is C17H27N3O2. The summed E-state index contributed by atoms with van der Waals surface area (Å²) in [6.45, 7) is 9.39. The van der Waals surface area contributed by atoms with Crippen LogP contribution in [-0.4, -0.2) is 48.7 Å². The molecule has 2 bridgehead atoms. The molecule has 1 unspecified atom stereocenters. The fraction of sp³-hybridized carbons (Fsp3) is 0.882. The van der Waals surface area contributed by atoms with E-state index in [1.54, 1.807) is 4.90 Å². The summed E-state index contributed by atoms with van der Waals surface area (Å²) in [5, 5.41) is 12.7. The third-order valence-electron chi connectivity index (χ3n) is 6.88. The Bertz CT molecular complexity index is 513. The first kappa shape index (κ1) is 15.8.